The topological polar surface area (TPSA) is 55.1 Å². The predicted molar refractivity (Wildman–Crippen MR) is 96.7 cm³/mol. The molecule has 1 heterocycles. The lowest BCUT2D eigenvalue weighted by Crippen LogP contribution is -2.05. The highest BCUT2D eigenvalue weighted by Crippen LogP contribution is 2.36. The number of aromatic nitrogens is 2. The Hall–Kier alpha value is -2.25. The van der Waals surface area contributed by atoms with Crippen molar-refractivity contribution in [1.82, 2.24) is 9.78 Å². The summed E-state index contributed by atoms with van der Waals surface area (Å²) in [5.41, 5.74) is 0.685. The Bertz CT molecular complexity index is 1070. The van der Waals surface area contributed by atoms with Crippen LogP contribution in [-0.4, -0.2) is 20.9 Å². The SMILES string of the molecule is Cc1cc(C(F)(F)F)cc2c1c(Cc1c(Cl)ccc(C(=O)O)c1Cl)nn2C. The predicted octanol–water partition coefficient (Wildman–Crippen LogP) is 5.50. The number of nitrogens with zero attached hydrogens (tertiary/aromatic N) is 2. The van der Waals surface area contributed by atoms with E-state index in [1.807, 2.05) is 0 Å². The third-order valence-corrected chi connectivity index (χ3v) is 5.10. The Balaban J connectivity index is 2.18. The van der Waals surface area contributed by atoms with Crippen molar-refractivity contribution in [3.63, 3.8) is 0 Å². The van der Waals surface area contributed by atoms with E-state index in [0.717, 1.165) is 12.1 Å². The van der Waals surface area contributed by atoms with E-state index >= 15 is 0 Å². The van der Waals surface area contributed by atoms with Gasteiger partial charge in [0, 0.05) is 23.9 Å². The molecule has 142 valence electrons. The summed E-state index contributed by atoms with van der Waals surface area (Å²) in [6.07, 6.45) is -4.38. The van der Waals surface area contributed by atoms with E-state index in [0.29, 0.717) is 27.7 Å². The van der Waals surface area contributed by atoms with Crippen LogP contribution in [0.1, 0.15) is 32.7 Å². The van der Waals surface area contributed by atoms with Crippen molar-refractivity contribution >= 4 is 40.1 Å². The van der Waals surface area contributed by atoms with Crippen LogP contribution in [0.3, 0.4) is 0 Å². The summed E-state index contributed by atoms with van der Waals surface area (Å²) in [7, 11) is 1.54. The van der Waals surface area contributed by atoms with E-state index in [1.54, 1.807) is 14.0 Å². The fraction of sp³-hybridized carbons (Fsp3) is 0.222. The molecule has 0 unspecified atom stereocenters. The smallest absolute Gasteiger partial charge is 0.416 e. The van der Waals surface area contributed by atoms with Gasteiger partial charge in [0.1, 0.15) is 0 Å². The number of carboxylic acids is 1. The van der Waals surface area contributed by atoms with Crippen molar-refractivity contribution in [2.45, 2.75) is 19.5 Å². The first-order valence-electron chi connectivity index (χ1n) is 7.74. The summed E-state index contributed by atoms with van der Waals surface area (Å²) in [6, 6.07) is 4.82. The minimum atomic E-state index is -4.47. The monoisotopic (exact) mass is 416 g/mol. The molecule has 1 N–H and O–H groups in total. The van der Waals surface area contributed by atoms with Gasteiger partial charge < -0.3 is 5.11 Å². The highest BCUT2D eigenvalue weighted by atomic mass is 35.5. The Morgan fingerprint density at radius 1 is 1.26 bits per heavy atom. The van der Waals surface area contributed by atoms with Gasteiger partial charge in [-0.25, -0.2) is 4.79 Å². The van der Waals surface area contributed by atoms with Gasteiger partial charge in [-0.2, -0.15) is 18.3 Å². The van der Waals surface area contributed by atoms with Gasteiger partial charge >= 0.3 is 12.1 Å². The molecule has 0 amide bonds. The third-order valence-electron chi connectivity index (χ3n) is 4.31. The van der Waals surface area contributed by atoms with Gasteiger partial charge in [-0.3, -0.25) is 4.68 Å². The molecule has 0 fully saturated rings. The van der Waals surface area contributed by atoms with Crippen LogP contribution in [0.2, 0.25) is 10.0 Å². The van der Waals surface area contributed by atoms with Gasteiger partial charge in [-0.1, -0.05) is 23.2 Å². The summed E-state index contributed by atoms with van der Waals surface area (Å²) in [5, 5.41) is 14.3. The standard InChI is InChI=1S/C18H13Cl2F3N2O2/c1-8-5-9(18(21,22)23)6-14-15(8)13(24-25(14)2)7-11-12(19)4-3-10(16(11)20)17(26)27/h3-6H,7H2,1-2H3,(H,26,27). The number of aromatic carboxylic acids is 1. The van der Waals surface area contributed by atoms with E-state index < -0.39 is 17.7 Å². The molecule has 1 aromatic heterocycles. The summed E-state index contributed by atoms with van der Waals surface area (Å²) >= 11 is 12.4. The van der Waals surface area contributed by atoms with Gasteiger partial charge in [0.25, 0.3) is 0 Å². The summed E-state index contributed by atoms with van der Waals surface area (Å²) < 4.78 is 40.6. The van der Waals surface area contributed by atoms with Crippen molar-refractivity contribution in [2.24, 2.45) is 7.05 Å². The summed E-state index contributed by atoms with van der Waals surface area (Å²) in [4.78, 5) is 11.3. The molecule has 0 radical (unpaired) electrons. The molecule has 0 spiro atoms. The largest absolute Gasteiger partial charge is 0.478 e. The molecule has 2 aromatic carbocycles. The molecule has 0 saturated heterocycles. The van der Waals surface area contributed by atoms with Crippen molar-refractivity contribution in [1.29, 1.82) is 0 Å². The quantitative estimate of drug-likeness (QED) is 0.613. The Morgan fingerprint density at radius 3 is 2.52 bits per heavy atom. The van der Waals surface area contributed by atoms with Gasteiger partial charge in [0.2, 0.25) is 0 Å². The average molecular weight is 417 g/mol. The number of halogens is 5. The lowest BCUT2D eigenvalue weighted by molar-refractivity contribution is -0.137. The molecular weight excluding hydrogens is 404 g/mol. The minimum Gasteiger partial charge on any atom is -0.478 e. The fourth-order valence-electron chi connectivity index (χ4n) is 3.06. The number of hydrogen-bond acceptors (Lipinski definition) is 2. The number of hydrogen-bond donors (Lipinski definition) is 1. The molecule has 0 saturated carbocycles. The molecule has 0 atom stereocenters. The molecule has 3 aromatic rings. The Labute approximate surface area is 162 Å². The minimum absolute atomic E-state index is 0.0154. The molecule has 3 rings (SSSR count). The third kappa shape index (κ3) is 3.49. The van der Waals surface area contributed by atoms with E-state index in [9.17, 15) is 23.1 Å². The summed E-state index contributed by atoms with van der Waals surface area (Å²) in [5.74, 6) is -1.20. The fourth-order valence-corrected chi connectivity index (χ4v) is 3.65. The molecular formula is C18H13Cl2F3N2O2. The molecule has 4 nitrogen and oxygen atoms in total. The number of carbonyl (C=O) groups is 1. The number of fused-ring (bicyclic) bond motifs is 1. The highest BCUT2D eigenvalue weighted by molar-refractivity contribution is 6.38. The lowest BCUT2D eigenvalue weighted by atomic mass is 10.00. The van der Waals surface area contributed by atoms with Gasteiger partial charge in [0.05, 0.1) is 27.4 Å². The van der Waals surface area contributed by atoms with Gasteiger partial charge in [-0.15, -0.1) is 0 Å². The first kappa shape index (κ1) is 19.5. The van der Waals surface area contributed by atoms with Gasteiger partial charge in [0.15, 0.2) is 0 Å². The lowest BCUT2D eigenvalue weighted by Gasteiger charge is -2.10. The van der Waals surface area contributed by atoms with Crippen LogP contribution in [0.25, 0.3) is 10.9 Å². The number of rotatable bonds is 3. The van der Waals surface area contributed by atoms with Crippen LogP contribution in [-0.2, 0) is 19.6 Å². The first-order chi connectivity index (χ1) is 12.5. The molecule has 0 aliphatic heterocycles. The zero-order valence-electron chi connectivity index (χ0n) is 14.2. The second-order valence-electron chi connectivity index (χ2n) is 6.12. The van der Waals surface area contributed by atoms with Crippen LogP contribution in [0.15, 0.2) is 24.3 Å². The number of benzene rings is 2. The summed E-state index contributed by atoms with van der Waals surface area (Å²) in [6.45, 7) is 1.57. The maximum Gasteiger partial charge on any atom is 0.416 e. The first-order valence-corrected chi connectivity index (χ1v) is 8.50. The highest BCUT2D eigenvalue weighted by Gasteiger charge is 2.32. The molecule has 0 aliphatic carbocycles. The average Bonchev–Trinajstić information content (AvgIpc) is 2.87. The number of alkyl halides is 3. The van der Waals surface area contributed by atoms with Crippen LogP contribution >= 0.6 is 23.2 Å². The zero-order chi connectivity index (χ0) is 20.1. The maximum absolute atomic E-state index is 13.1. The van der Waals surface area contributed by atoms with E-state index in [4.69, 9.17) is 23.2 Å². The Kier molecular flexibility index (Phi) is 4.86. The van der Waals surface area contributed by atoms with Crippen molar-refractivity contribution < 1.29 is 23.1 Å². The second kappa shape index (κ2) is 6.73. The van der Waals surface area contributed by atoms with Crippen LogP contribution in [0.4, 0.5) is 13.2 Å². The van der Waals surface area contributed by atoms with Crippen LogP contribution in [0.5, 0.6) is 0 Å². The number of aryl methyl sites for hydroxylation is 2. The van der Waals surface area contributed by atoms with Crippen LogP contribution in [0, 0.1) is 6.92 Å². The normalized spacial score (nSPS) is 12.0. The van der Waals surface area contributed by atoms with Crippen molar-refractivity contribution in [2.75, 3.05) is 0 Å². The number of carboxylic acid groups (broad SMARTS) is 1. The van der Waals surface area contributed by atoms with Gasteiger partial charge in [-0.05, 0) is 42.3 Å². The second-order valence-corrected chi connectivity index (χ2v) is 6.91. The van der Waals surface area contributed by atoms with Crippen molar-refractivity contribution in [3.05, 3.63) is 62.3 Å². The zero-order valence-corrected chi connectivity index (χ0v) is 15.7. The van der Waals surface area contributed by atoms with Crippen LogP contribution < -0.4 is 0 Å². The molecule has 27 heavy (non-hydrogen) atoms. The molecule has 9 heteroatoms. The molecule has 0 aliphatic rings. The Morgan fingerprint density at radius 2 is 1.93 bits per heavy atom. The van der Waals surface area contributed by atoms with E-state index in [2.05, 4.69) is 5.10 Å². The van der Waals surface area contributed by atoms with E-state index in [1.165, 1.54) is 16.8 Å². The maximum atomic E-state index is 13.1. The van der Waals surface area contributed by atoms with E-state index in [-0.39, 0.29) is 22.0 Å². The van der Waals surface area contributed by atoms with Crippen molar-refractivity contribution in [3.8, 4) is 0 Å². The molecule has 0 bridgehead atoms.